The summed E-state index contributed by atoms with van der Waals surface area (Å²) in [6.07, 6.45) is -13.2. The highest BCUT2D eigenvalue weighted by atomic mass is 16.7. The summed E-state index contributed by atoms with van der Waals surface area (Å²) in [5, 5.41) is 73.3. The summed E-state index contributed by atoms with van der Waals surface area (Å²) >= 11 is 0. The SMILES string of the molecule is OCC1O[C@H](OC[C@@H](O)[C@@H](O)C(O)O)C(O)C(O)[C@@H]1O. The molecule has 0 amide bonds. The normalized spacial score (nSPS) is 38.0. The molecule has 1 aliphatic rings. The Balaban J connectivity index is 2.54. The minimum absolute atomic E-state index is 0.634. The molecule has 1 rings (SSSR count). The number of rotatable bonds is 6. The molecule has 0 aromatic rings. The molecule has 7 atom stereocenters. The summed E-state index contributed by atoms with van der Waals surface area (Å²) in [7, 11) is 0. The molecule has 0 radical (unpaired) electrons. The van der Waals surface area contributed by atoms with Crippen LogP contribution in [0.15, 0.2) is 0 Å². The largest absolute Gasteiger partial charge is 0.394 e. The van der Waals surface area contributed by atoms with Crippen molar-refractivity contribution >= 4 is 0 Å². The molecule has 0 bridgehead atoms. The lowest BCUT2D eigenvalue weighted by molar-refractivity contribution is -0.307. The fraction of sp³-hybridized carbons (Fsp3) is 1.00. The Labute approximate surface area is 114 Å². The summed E-state index contributed by atoms with van der Waals surface area (Å²) in [5.74, 6) is 0. The number of hydrogen-bond donors (Lipinski definition) is 8. The third kappa shape index (κ3) is 4.05. The molecule has 120 valence electrons. The van der Waals surface area contributed by atoms with E-state index in [0.717, 1.165) is 0 Å². The Morgan fingerprint density at radius 1 is 0.950 bits per heavy atom. The fourth-order valence-electron chi connectivity index (χ4n) is 1.70. The second-order valence-electron chi connectivity index (χ2n) is 4.50. The number of aliphatic hydroxyl groups is 8. The predicted molar refractivity (Wildman–Crippen MR) is 60.0 cm³/mol. The number of hydrogen-bond acceptors (Lipinski definition) is 10. The van der Waals surface area contributed by atoms with E-state index in [0.29, 0.717) is 0 Å². The number of ether oxygens (including phenoxy) is 2. The molecule has 10 nitrogen and oxygen atoms in total. The zero-order chi connectivity index (χ0) is 15.4. The van der Waals surface area contributed by atoms with Gasteiger partial charge < -0.3 is 50.3 Å². The summed E-state index contributed by atoms with van der Waals surface area (Å²) < 4.78 is 9.86. The van der Waals surface area contributed by atoms with Gasteiger partial charge in [0.25, 0.3) is 0 Å². The van der Waals surface area contributed by atoms with Gasteiger partial charge in [0.05, 0.1) is 13.2 Å². The van der Waals surface area contributed by atoms with E-state index in [1.165, 1.54) is 0 Å². The summed E-state index contributed by atoms with van der Waals surface area (Å²) in [6.45, 7) is -1.27. The molecule has 1 aliphatic heterocycles. The van der Waals surface area contributed by atoms with E-state index in [1.54, 1.807) is 0 Å². The molecular formula is C10H20O10. The highest BCUT2D eigenvalue weighted by molar-refractivity contribution is 4.89. The van der Waals surface area contributed by atoms with Gasteiger partial charge in [0.2, 0.25) is 0 Å². The van der Waals surface area contributed by atoms with Crippen LogP contribution in [-0.4, -0.2) is 103 Å². The first-order chi connectivity index (χ1) is 9.29. The third-order valence-electron chi connectivity index (χ3n) is 2.98. The highest BCUT2D eigenvalue weighted by Crippen LogP contribution is 2.22. The second-order valence-corrected chi connectivity index (χ2v) is 4.50. The van der Waals surface area contributed by atoms with Gasteiger partial charge in [-0.1, -0.05) is 0 Å². The Hall–Kier alpha value is -0.400. The lowest BCUT2D eigenvalue weighted by atomic mass is 9.99. The van der Waals surface area contributed by atoms with Gasteiger partial charge in [-0.25, -0.2) is 0 Å². The van der Waals surface area contributed by atoms with E-state index in [1.807, 2.05) is 0 Å². The molecule has 1 saturated heterocycles. The van der Waals surface area contributed by atoms with E-state index in [4.69, 9.17) is 29.9 Å². The molecule has 0 spiro atoms. The van der Waals surface area contributed by atoms with Gasteiger partial charge in [0.15, 0.2) is 12.6 Å². The summed E-state index contributed by atoms with van der Waals surface area (Å²) in [6, 6.07) is 0. The van der Waals surface area contributed by atoms with Crippen molar-refractivity contribution in [3.05, 3.63) is 0 Å². The Kier molecular flexibility index (Phi) is 6.68. The monoisotopic (exact) mass is 300 g/mol. The molecule has 0 saturated carbocycles. The lowest BCUT2D eigenvalue weighted by Gasteiger charge is -2.39. The zero-order valence-corrected chi connectivity index (χ0v) is 10.4. The zero-order valence-electron chi connectivity index (χ0n) is 10.4. The summed E-state index contributed by atoms with van der Waals surface area (Å²) in [4.78, 5) is 0. The Bertz CT molecular complexity index is 285. The van der Waals surface area contributed by atoms with Gasteiger partial charge in [0.1, 0.15) is 36.6 Å². The standard InChI is InChI=1S/C10H20O10/c11-1-4-6(14)7(15)8(16)10(20-4)19-2-3(12)5(13)9(17)18/h3-18H,1-2H2/t3-,4?,5-,6-,7?,8?,10+/m1/s1. The van der Waals surface area contributed by atoms with Crippen LogP contribution in [0.1, 0.15) is 0 Å². The van der Waals surface area contributed by atoms with Crippen LogP contribution < -0.4 is 0 Å². The van der Waals surface area contributed by atoms with Crippen molar-refractivity contribution in [2.75, 3.05) is 13.2 Å². The lowest BCUT2D eigenvalue weighted by Crippen LogP contribution is -2.59. The van der Waals surface area contributed by atoms with Crippen LogP contribution in [0, 0.1) is 0 Å². The van der Waals surface area contributed by atoms with Gasteiger partial charge in [-0.2, -0.15) is 0 Å². The van der Waals surface area contributed by atoms with Crippen LogP contribution in [0.4, 0.5) is 0 Å². The van der Waals surface area contributed by atoms with Crippen LogP contribution in [0.2, 0.25) is 0 Å². The summed E-state index contributed by atoms with van der Waals surface area (Å²) in [5.41, 5.74) is 0. The van der Waals surface area contributed by atoms with Crippen LogP contribution in [0.5, 0.6) is 0 Å². The minimum atomic E-state index is -2.18. The average molecular weight is 300 g/mol. The van der Waals surface area contributed by atoms with E-state index < -0.39 is 62.4 Å². The van der Waals surface area contributed by atoms with Gasteiger partial charge in [-0.05, 0) is 0 Å². The molecule has 1 fully saturated rings. The van der Waals surface area contributed by atoms with E-state index in [-0.39, 0.29) is 0 Å². The van der Waals surface area contributed by atoms with Gasteiger partial charge in [-0.3, -0.25) is 0 Å². The molecule has 0 aromatic heterocycles. The maximum Gasteiger partial charge on any atom is 0.186 e. The van der Waals surface area contributed by atoms with E-state index in [2.05, 4.69) is 0 Å². The smallest absolute Gasteiger partial charge is 0.186 e. The van der Waals surface area contributed by atoms with Crippen molar-refractivity contribution in [3.8, 4) is 0 Å². The Morgan fingerprint density at radius 3 is 2.05 bits per heavy atom. The van der Waals surface area contributed by atoms with Crippen molar-refractivity contribution in [2.24, 2.45) is 0 Å². The van der Waals surface area contributed by atoms with Crippen molar-refractivity contribution in [2.45, 2.75) is 49.2 Å². The maximum atomic E-state index is 9.60. The molecule has 20 heavy (non-hydrogen) atoms. The van der Waals surface area contributed by atoms with Crippen LogP contribution >= 0.6 is 0 Å². The average Bonchev–Trinajstić information content (AvgIpc) is 2.42. The minimum Gasteiger partial charge on any atom is -0.394 e. The molecule has 3 unspecified atom stereocenters. The molecule has 1 heterocycles. The van der Waals surface area contributed by atoms with Crippen molar-refractivity contribution in [3.63, 3.8) is 0 Å². The second kappa shape index (κ2) is 7.56. The van der Waals surface area contributed by atoms with Crippen LogP contribution in [-0.2, 0) is 9.47 Å². The van der Waals surface area contributed by atoms with Gasteiger partial charge >= 0.3 is 0 Å². The third-order valence-corrected chi connectivity index (χ3v) is 2.98. The van der Waals surface area contributed by atoms with E-state index >= 15 is 0 Å². The Morgan fingerprint density at radius 2 is 1.55 bits per heavy atom. The fourth-order valence-corrected chi connectivity index (χ4v) is 1.70. The van der Waals surface area contributed by atoms with Gasteiger partial charge in [0, 0.05) is 0 Å². The van der Waals surface area contributed by atoms with Crippen LogP contribution in [0.3, 0.4) is 0 Å². The predicted octanol–water partition coefficient (Wildman–Crippen LogP) is -5.16. The molecular weight excluding hydrogens is 280 g/mol. The van der Waals surface area contributed by atoms with Crippen molar-refractivity contribution in [1.29, 1.82) is 0 Å². The molecule has 10 heteroatoms. The first-order valence-electron chi connectivity index (χ1n) is 5.94. The van der Waals surface area contributed by atoms with E-state index in [9.17, 15) is 20.4 Å². The number of aliphatic hydroxyl groups excluding tert-OH is 7. The maximum absolute atomic E-state index is 9.60. The van der Waals surface area contributed by atoms with Crippen molar-refractivity contribution in [1.82, 2.24) is 0 Å². The molecule has 8 N–H and O–H groups in total. The topological polar surface area (TPSA) is 180 Å². The van der Waals surface area contributed by atoms with Gasteiger partial charge in [-0.15, -0.1) is 0 Å². The first-order valence-corrected chi connectivity index (χ1v) is 5.94. The first kappa shape index (κ1) is 17.7. The van der Waals surface area contributed by atoms with Crippen molar-refractivity contribution < 1.29 is 50.3 Å². The highest BCUT2D eigenvalue weighted by Gasteiger charge is 2.44. The molecule has 0 aliphatic carbocycles. The van der Waals surface area contributed by atoms with Crippen LogP contribution in [0.25, 0.3) is 0 Å². The quantitative estimate of drug-likeness (QED) is 0.221. The molecule has 0 aromatic carbocycles.